The Labute approximate surface area is 147 Å². The topological polar surface area (TPSA) is 75.3 Å². The van der Waals surface area contributed by atoms with Crippen LogP contribution in [0.3, 0.4) is 0 Å². The molecule has 0 spiro atoms. The summed E-state index contributed by atoms with van der Waals surface area (Å²) in [6.07, 6.45) is 4.21. The summed E-state index contributed by atoms with van der Waals surface area (Å²) >= 11 is 1.68. The van der Waals surface area contributed by atoms with E-state index >= 15 is 0 Å². The molecule has 3 rings (SSSR count). The van der Waals surface area contributed by atoms with E-state index in [1.54, 1.807) is 11.3 Å². The number of rotatable bonds is 4. The van der Waals surface area contributed by atoms with E-state index in [1.807, 2.05) is 0 Å². The molecule has 5 nitrogen and oxygen atoms in total. The number of aliphatic hydroxyl groups excluding tert-OH is 1. The smallest absolute Gasteiger partial charge is 0.149 e. The van der Waals surface area contributed by atoms with E-state index in [-0.39, 0.29) is 12.1 Å². The van der Waals surface area contributed by atoms with Crippen LogP contribution in [0, 0.1) is 19.8 Å². The van der Waals surface area contributed by atoms with Crippen LogP contribution < -0.4 is 5.73 Å². The Morgan fingerprint density at radius 2 is 2.00 bits per heavy atom. The van der Waals surface area contributed by atoms with Gasteiger partial charge in [-0.3, -0.25) is 4.90 Å². The van der Waals surface area contributed by atoms with E-state index in [4.69, 9.17) is 10.7 Å². The van der Waals surface area contributed by atoms with Gasteiger partial charge in [0, 0.05) is 11.4 Å². The van der Waals surface area contributed by atoms with Crippen LogP contribution >= 0.6 is 11.3 Å². The SMILES string of the molecule is Cc1sc2nc(C(C)N(C)CC3CCCCC3O)nc(N)c2c1C. The monoisotopic (exact) mass is 348 g/mol. The fraction of sp³-hybridized carbons (Fsp3) is 0.667. The van der Waals surface area contributed by atoms with Gasteiger partial charge >= 0.3 is 0 Å². The van der Waals surface area contributed by atoms with Crippen LogP contribution in [0.25, 0.3) is 10.2 Å². The van der Waals surface area contributed by atoms with Gasteiger partial charge in [0.25, 0.3) is 0 Å². The Morgan fingerprint density at radius 3 is 2.71 bits per heavy atom. The third-order valence-corrected chi connectivity index (χ3v) is 6.60. The van der Waals surface area contributed by atoms with E-state index in [9.17, 15) is 5.11 Å². The van der Waals surface area contributed by atoms with Crippen LogP contribution in [-0.4, -0.2) is 39.7 Å². The lowest BCUT2D eigenvalue weighted by molar-refractivity contribution is 0.0439. The summed E-state index contributed by atoms with van der Waals surface area (Å²) in [5.41, 5.74) is 7.40. The molecule has 0 radical (unpaired) electrons. The van der Waals surface area contributed by atoms with E-state index in [0.29, 0.717) is 11.7 Å². The summed E-state index contributed by atoms with van der Waals surface area (Å²) in [5.74, 6) is 1.70. The number of thiophene rings is 1. The average molecular weight is 349 g/mol. The molecule has 6 heteroatoms. The van der Waals surface area contributed by atoms with Gasteiger partial charge in [-0.2, -0.15) is 0 Å². The van der Waals surface area contributed by atoms with Crippen LogP contribution in [0.1, 0.15) is 54.9 Å². The molecule has 0 amide bonds. The van der Waals surface area contributed by atoms with Gasteiger partial charge in [0.1, 0.15) is 16.5 Å². The predicted molar refractivity (Wildman–Crippen MR) is 100 cm³/mol. The number of nitrogens with zero attached hydrogens (tertiary/aromatic N) is 3. The van der Waals surface area contributed by atoms with Crippen molar-refractivity contribution in [3.8, 4) is 0 Å². The lowest BCUT2D eigenvalue weighted by Gasteiger charge is -2.33. The molecule has 1 fully saturated rings. The van der Waals surface area contributed by atoms with Crippen molar-refractivity contribution in [3.05, 3.63) is 16.3 Å². The first-order chi connectivity index (χ1) is 11.4. The lowest BCUT2D eigenvalue weighted by Crippen LogP contribution is -2.36. The van der Waals surface area contributed by atoms with Gasteiger partial charge in [0.2, 0.25) is 0 Å². The number of nitrogen functional groups attached to an aromatic ring is 1. The first kappa shape index (κ1) is 17.6. The molecule has 3 N–H and O–H groups in total. The second kappa shape index (κ2) is 6.94. The van der Waals surface area contributed by atoms with Crippen molar-refractivity contribution in [2.24, 2.45) is 5.92 Å². The Bertz CT molecular complexity index is 729. The maximum atomic E-state index is 10.2. The molecule has 0 bridgehead atoms. The van der Waals surface area contributed by atoms with Crippen molar-refractivity contribution < 1.29 is 5.11 Å². The van der Waals surface area contributed by atoms with Gasteiger partial charge in [0.15, 0.2) is 0 Å². The van der Waals surface area contributed by atoms with Crippen LogP contribution in [0.2, 0.25) is 0 Å². The highest BCUT2D eigenvalue weighted by molar-refractivity contribution is 7.18. The molecule has 0 aliphatic heterocycles. The predicted octanol–water partition coefficient (Wildman–Crippen LogP) is 3.43. The molecule has 2 heterocycles. The number of hydrogen-bond acceptors (Lipinski definition) is 6. The van der Waals surface area contributed by atoms with E-state index in [1.165, 1.54) is 16.9 Å². The number of fused-ring (bicyclic) bond motifs is 1. The first-order valence-corrected chi connectivity index (χ1v) is 9.61. The third-order valence-electron chi connectivity index (χ3n) is 5.50. The Hall–Kier alpha value is -1.24. The second-order valence-electron chi connectivity index (χ2n) is 7.16. The number of hydrogen-bond donors (Lipinski definition) is 2. The molecule has 2 aromatic rings. The summed E-state index contributed by atoms with van der Waals surface area (Å²) in [7, 11) is 2.08. The zero-order chi connectivity index (χ0) is 17.4. The highest BCUT2D eigenvalue weighted by Gasteiger charge is 2.27. The lowest BCUT2D eigenvalue weighted by atomic mass is 9.86. The fourth-order valence-electron chi connectivity index (χ4n) is 3.61. The molecule has 3 atom stereocenters. The minimum Gasteiger partial charge on any atom is -0.393 e. The molecule has 1 aliphatic rings. The summed E-state index contributed by atoms with van der Waals surface area (Å²) in [6.45, 7) is 7.16. The van der Waals surface area contributed by atoms with Crippen molar-refractivity contribution in [1.29, 1.82) is 0 Å². The zero-order valence-corrected chi connectivity index (χ0v) is 15.9. The summed E-state index contributed by atoms with van der Waals surface area (Å²) < 4.78 is 0. The number of aliphatic hydroxyl groups is 1. The molecule has 3 unspecified atom stereocenters. The van der Waals surface area contributed by atoms with Crippen molar-refractivity contribution in [3.63, 3.8) is 0 Å². The minimum atomic E-state index is -0.176. The molecule has 0 saturated heterocycles. The molecule has 132 valence electrons. The van der Waals surface area contributed by atoms with Crippen molar-refractivity contribution in [2.75, 3.05) is 19.3 Å². The van der Waals surface area contributed by atoms with Crippen LogP contribution in [0.5, 0.6) is 0 Å². The normalized spacial score (nSPS) is 23.1. The number of aromatic nitrogens is 2. The van der Waals surface area contributed by atoms with Crippen molar-refractivity contribution in [1.82, 2.24) is 14.9 Å². The van der Waals surface area contributed by atoms with E-state index < -0.39 is 0 Å². The summed E-state index contributed by atoms with van der Waals surface area (Å²) in [5, 5.41) is 11.2. The second-order valence-corrected chi connectivity index (χ2v) is 8.36. The van der Waals surface area contributed by atoms with Gasteiger partial charge in [-0.1, -0.05) is 12.8 Å². The highest BCUT2D eigenvalue weighted by Crippen LogP contribution is 2.33. The number of aryl methyl sites for hydroxylation is 2. The standard InChI is InChI=1S/C18H28N4OS/c1-10-12(3)24-18-15(10)16(19)20-17(21-18)11(2)22(4)9-13-7-5-6-8-14(13)23/h11,13-14,23H,5-9H2,1-4H3,(H2,19,20,21). The van der Waals surface area contributed by atoms with Gasteiger partial charge in [0.05, 0.1) is 17.5 Å². The molecule has 1 saturated carbocycles. The fourth-order valence-corrected chi connectivity index (χ4v) is 4.65. The third kappa shape index (κ3) is 3.27. The number of nitrogens with two attached hydrogens (primary N) is 1. The molecular formula is C18H28N4OS. The Kier molecular flexibility index (Phi) is 5.08. The molecular weight excluding hydrogens is 320 g/mol. The van der Waals surface area contributed by atoms with Gasteiger partial charge in [-0.25, -0.2) is 9.97 Å². The van der Waals surface area contributed by atoms with Crippen LogP contribution in [0.4, 0.5) is 5.82 Å². The van der Waals surface area contributed by atoms with E-state index in [2.05, 4.69) is 37.7 Å². The molecule has 2 aromatic heterocycles. The maximum absolute atomic E-state index is 10.2. The Morgan fingerprint density at radius 1 is 1.29 bits per heavy atom. The largest absolute Gasteiger partial charge is 0.393 e. The van der Waals surface area contributed by atoms with E-state index in [0.717, 1.165) is 41.8 Å². The van der Waals surface area contributed by atoms with Gasteiger partial charge < -0.3 is 10.8 Å². The van der Waals surface area contributed by atoms with Gasteiger partial charge in [-0.15, -0.1) is 11.3 Å². The highest BCUT2D eigenvalue weighted by atomic mass is 32.1. The van der Waals surface area contributed by atoms with Crippen LogP contribution in [0.15, 0.2) is 0 Å². The molecule has 24 heavy (non-hydrogen) atoms. The molecule has 0 aromatic carbocycles. The molecule has 1 aliphatic carbocycles. The van der Waals surface area contributed by atoms with Gasteiger partial charge in [-0.05, 0) is 52.1 Å². The van der Waals surface area contributed by atoms with Crippen LogP contribution in [-0.2, 0) is 0 Å². The van der Waals surface area contributed by atoms with Crippen molar-refractivity contribution in [2.45, 2.75) is 58.6 Å². The average Bonchev–Trinajstić information content (AvgIpc) is 2.83. The minimum absolute atomic E-state index is 0.0774. The number of anilines is 1. The Balaban J connectivity index is 1.81. The first-order valence-electron chi connectivity index (χ1n) is 8.80. The quantitative estimate of drug-likeness (QED) is 0.885. The summed E-state index contributed by atoms with van der Waals surface area (Å²) in [4.78, 5) is 13.8. The van der Waals surface area contributed by atoms with Crippen molar-refractivity contribution >= 4 is 27.4 Å². The summed E-state index contributed by atoms with van der Waals surface area (Å²) in [6, 6.07) is 0.0774. The maximum Gasteiger partial charge on any atom is 0.149 e. The zero-order valence-electron chi connectivity index (χ0n) is 15.0.